The van der Waals surface area contributed by atoms with E-state index in [1.54, 1.807) is 12.1 Å². The zero-order chi connectivity index (χ0) is 14.7. The van der Waals surface area contributed by atoms with E-state index in [2.05, 4.69) is 0 Å². The van der Waals surface area contributed by atoms with E-state index < -0.39 is 11.9 Å². The molecule has 2 aromatic rings. The molecule has 0 saturated heterocycles. The first kappa shape index (κ1) is 13.9. The molecule has 102 valence electrons. The average Bonchev–Trinajstić information content (AvgIpc) is 2.41. The summed E-state index contributed by atoms with van der Waals surface area (Å²) < 4.78 is 4.74. The normalized spacial score (nSPS) is 10.1. The van der Waals surface area contributed by atoms with Crippen molar-refractivity contribution in [2.45, 2.75) is 0 Å². The summed E-state index contributed by atoms with van der Waals surface area (Å²) in [5.74, 6) is -1.72. The molecular weight excluding hydrogens is 280 g/mol. The molecule has 0 spiro atoms. The van der Waals surface area contributed by atoms with Crippen molar-refractivity contribution in [3.8, 4) is 0 Å². The van der Waals surface area contributed by atoms with Gasteiger partial charge in [0.1, 0.15) is 0 Å². The topological polar surface area (TPSA) is 95.4 Å². The van der Waals surface area contributed by atoms with Crippen molar-refractivity contribution in [3.63, 3.8) is 0 Å². The first-order valence-corrected chi connectivity index (χ1v) is 6.03. The first-order chi connectivity index (χ1) is 9.49. The molecule has 2 rings (SSSR count). The zero-order valence-corrected chi connectivity index (χ0v) is 11.1. The van der Waals surface area contributed by atoms with E-state index >= 15 is 0 Å². The Morgan fingerprint density at radius 3 is 2.30 bits per heavy atom. The maximum absolute atomic E-state index is 11.9. The van der Waals surface area contributed by atoms with Crippen LogP contribution in [0.5, 0.6) is 0 Å². The highest BCUT2D eigenvalue weighted by Gasteiger charge is 2.19. The number of anilines is 2. The van der Waals surface area contributed by atoms with Crippen LogP contribution in [0.4, 0.5) is 11.4 Å². The van der Waals surface area contributed by atoms with Gasteiger partial charge < -0.3 is 16.2 Å². The fourth-order valence-corrected chi connectivity index (χ4v) is 1.77. The molecule has 0 amide bonds. The van der Waals surface area contributed by atoms with E-state index in [-0.39, 0.29) is 21.8 Å². The summed E-state index contributed by atoms with van der Waals surface area (Å²) in [4.78, 5) is 23.7. The van der Waals surface area contributed by atoms with Crippen molar-refractivity contribution in [3.05, 3.63) is 58.6 Å². The van der Waals surface area contributed by atoms with Crippen molar-refractivity contribution < 1.29 is 14.3 Å². The molecule has 0 unspecified atom stereocenters. The number of benzene rings is 2. The number of halogens is 1. The molecule has 20 heavy (non-hydrogen) atoms. The smallest absolute Gasteiger partial charge is 0.348 e. The summed E-state index contributed by atoms with van der Waals surface area (Å²) in [7, 11) is 0. The molecule has 0 heterocycles. The Kier molecular flexibility index (Phi) is 3.91. The number of hydrogen-bond donors (Lipinski definition) is 2. The van der Waals surface area contributed by atoms with E-state index in [9.17, 15) is 9.59 Å². The van der Waals surface area contributed by atoms with Gasteiger partial charge in [0.05, 0.1) is 16.1 Å². The van der Waals surface area contributed by atoms with Crippen LogP contribution >= 0.6 is 11.6 Å². The number of esters is 2. The van der Waals surface area contributed by atoms with Gasteiger partial charge in [-0.25, -0.2) is 9.59 Å². The van der Waals surface area contributed by atoms with Crippen molar-refractivity contribution in [2.24, 2.45) is 0 Å². The highest BCUT2D eigenvalue weighted by atomic mass is 35.5. The van der Waals surface area contributed by atoms with Crippen LogP contribution in [0.1, 0.15) is 20.7 Å². The van der Waals surface area contributed by atoms with Crippen LogP contribution < -0.4 is 11.5 Å². The van der Waals surface area contributed by atoms with Crippen LogP contribution in [0.25, 0.3) is 0 Å². The molecule has 0 aliphatic heterocycles. The van der Waals surface area contributed by atoms with Gasteiger partial charge in [-0.3, -0.25) is 0 Å². The predicted octanol–water partition coefficient (Wildman–Crippen LogP) is 2.50. The molecule has 0 radical (unpaired) electrons. The number of nitrogens with two attached hydrogens (primary N) is 2. The second kappa shape index (κ2) is 5.63. The van der Waals surface area contributed by atoms with Crippen LogP contribution in [0.15, 0.2) is 42.5 Å². The molecule has 0 aliphatic rings. The van der Waals surface area contributed by atoms with Gasteiger partial charge in [0.15, 0.2) is 0 Å². The summed E-state index contributed by atoms with van der Waals surface area (Å²) in [6.45, 7) is 0. The number of rotatable bonds is 2. The van der Waals surface area contributed by atoms with Gasteiger partial charge in [-0.15, -0.1) is 0 Å². The van der Waals surface area contributed by atoms with Gasteiger partial charge in [-0.2, -0.15) is 0 Å². The first-order valence-electron chi connectivity index (χ1n) is 5.65. The minimum atomic E-state index is -0.879. The predicted molar refractivity (Wildman–Crippen MR) is 76.5 cm³/mol. The second-order valence-corrected chi connectivity index (χ2v) is 4.41. The molecule has 0 aromatic heterocycles. The second-order valence-electron chi connectivity index (χ2n) is 4.00. The van der Waals surface area contributed by atoms with Crippen molar-refractivity contribution in [1.29, 1.82) is 0 Å². The molecule has 0 aliphatic carbocycles. The number of nitrogen functional groups attached to an aromatic ring is 2. The Balaban J connectivity index is 2.22. The van der Waals surface area contributed by atoms with Gasteiger partial charge in [0.25, 0.3) is 0 Å². The summed E-state index contributed by atoms with van der Waals surface area (Å²) in [5, 5.41) is 0.151. The lowest BCUT2D eigenvalue weighted by molar-refractivity contribution is 0.0399. The van der Waals surface area contributed by atoms with Gasteiger partial charge in [0, 0.05) is 11.4 Å². The lowest BCUT2D eigenvalue weighted by Gasteiger charge is -2.07. The third kappa shape index (κ3) is 2.89. The molecular formula is C14H11ClN2O3. The molecule has 0 bridgehead atoms. The Morgan fingerprint density at radius 2 is 1.60 bits per heavy atom. The quantitative estimate of drug-likeness (QED) is 0.503. The number of para-hydroxylation sites is 1. The lowest BCUT2D eigenvalue weighted by atomic mass is 10.2. The third-order valence-electron chi connectivity index (χ3n) is 2.58. The molecule has 4 N–H and O–H groups in total. The molecule has 6 heteroatoms. The largest absolute Gasteiger partial charge is 0.399 e. The summed E-state index contributed by atoms with van der Waals surface area (Å²) in [5.41, 5.74) is 11.9. The Labute approximate surface area is 120 Å². The van der Waals surface area contributed by atoms with Crippen molar-refractivity contribution in [1.82, 2.24) is 0 Å². The number of carbonyl (C=O) groups excluding carboxylic acids is 2. The monoisotopic (exact) mass is 290 g/mol. The summed E-state index contributed by atoms with van der Waals surface area (Å²) in [6, 6.07) is 10.6. The van der Waals surface area contributed by atoms with Gasteiger partial charge >= 0.3 is 11.9 Å². The molecule has 0 atom stereocenters. The van der Waals surface area contributed by atoms with Crippen molar-refractivity contribution in [2.75, 3.05) is 11.5 Å². The van der Waals surface area contributed by atoms with E-state index in [1.807, 2.05) is 0 Å². The van der Waals surface area contributed by atoms with Gasteiger partial charge in [0.2, 0.25) is 0 Å². The van der Waals surface area contributed by atoms with Crippen LogP contribution in [-0.2, 0) is 4.74 Å². The minimum Gasteiger partial charge on any atom is -0.399 e. The molecule has 0 fully saturated rings. The minimum absolute atomic E-state index is 0.0227. The van der Waals surface area contributed by atoms with Crippen LogP contribution in [-0.4, -0.2) is 11.9 Å². The van der Waals surface area contributed by atoms with Crippen LogP contribution in [0, 0.1) is 0 Å². The van der Waals surface area contributed by atoms with Gasteiger partial charge in [-0.1, -0.05) is 23.7 Å². The average molecular weight is 291 g/mol. The van der Waals surface area contributed by atoms with Crippen LogP contribution in [0.3, 0.4) is 0 Å². The fraction of sp³-hybridized carbons (Fsp3) is 0. The maximum atomic E-state index is 11.9. The standard InChI is InChI=1S/C14H11ClN2O3/c15-11-6-5-8(16)7-10(11)14(19)20-13(18)9-3-1-2-4-12(9)17/h1-7H,16-17H2. The lowest BCUT2D eigenvalue weighted by Crippen LogP contribution is -2.14. The summed E-state index contributed by atoms with van der Waals surface area (Å²) in [6.07, 6.45) is 0. The fourth-order valence-electron chi connectivity index (χ4n) is 1.58. The highest BCUT2D eigenvalue weighted by molar-refractivity contribution is 6.34. The molecule has 2 aromatic carbocycles. The van der Waals surface area contributed by atoms with Crippen LogP contribution in [0.2, 0.25) is 5.02 Å². The Bertz CT molecular complexity index is 686. The Hall–Kier alpha value is -2.53. The van der Waals surface area contributed by atoms with Gasteiger partial charge in [-0.05, 0) is 30.3 Å². The SMILES string of the molecule is Nc1ccc(Cl)c(C(=O)OC(=O)c2ccccc2N)c1. The molecule has 5 nitrogen and oxygen atoms in total. The summed E-state index contributed by atoms with van der Waals surface area (Å²) >= 11 is 5.86. The van der Waals surface area contributed by atoms with E-state index in [0.29, 0.717) is 5.69 Å². The number of hydrogen-bond acceptors (Lipinski definition) is 5. The van der Waals surface area contributed by atoms with E-state index in [0.717, 1.165) is 0 Å². The zero-order valence-electron chi connectivity index (χ0n) is 10.3. The van der Waals surface area contributed by atoms with Crippen molar-refractivity contribution >= 4 is 34.9 Å². The number of ether oxygens (including phenoxy) is 1. The van der Waals surface area contributed by atoms with E-state index in [1.165, 1.54) is 30.3 Å². The number of carbonyl (C=O) groups is 2. The van der Waals surface area contributed by atoms with E-state index in [4.69, 9.17) is 27.8 Å². The highest BCUT2D eigenvalue weighted by Crippen LogP contribution is 2.21. The molecule has 0 saturated carbocycles. The Morgan fingerprint density at radius 1 is 0.950 bits per heavy atom. The third-order valence-corrected chi connectivity index (χ3v) is 2.91. The maximum Gasteiger partial charge on any atom is 0.348 e.